The van der Waals surface area contributed by atoms with Crippen molar-refractivity contribution in [1.82, 2.24) is 5.32 Å². The van der Waals surface area contributed by atoms with Crippen molar-refractivity contribution in [3.63, 3.8) is 0 Å². The van der Waals surface area contributed by atoms with E-state index in [2.05, 4.69) is 31.1 Å². The minimum Gasteiger partial charge on any atom is -0.481 e. The molecule has 1 aliphatic rings. The first-order valence-electron chi connectivity index (χ1n) is 9.36. The van der Waals surface area contributed by atoms with Crippen LogP contribution in [0.3, 0.4) is 0 Å². The highest BCUT2D eigenvalue weighted by Crippen LogP contribution is 2.26. The van der Waals surface area contributed by atoms with Gasteiger partial charge in [-0.25, -0.2) is 4.39 Å². The molecular formula is C20H31FN2O2. The summed E-state index contributed by atoms with van der Waals surface area (Å²) in [6, 6.07) is 5.30. The highest BCUT2D eigenvalue weighted by atomic mass is 19.1. The van der Waals surface area contributed by atoms with E-state index in [4.69, 9.17) is 5.11 Å². The van der Waals surface area contributed by atoms with Gasteiger partial charge in [0, 0.05) is 31.9 Å². The number of hydrogen-bond acceptors (Lipinski definition) is 3. The Balaban J connectivity index is 1.97. The number of nitrogens with zero attached hydrogens (tertiary/aromatic N) is 1. The molecule has 0 radical (unpaired) electrons. The molecule has 0 aliphatic heterocycles. The fourth-order valence-electron chi connectivity index (χ4n) is 3.56. The summed E-state index contributed by atoms with van der Waals surface area (Å²) in [5, 5.41) is 12.6. The number of benzene rings is 1. The van der Waals surface area contributed by atoms with Gasteiger partial charge < -0.3 is 15.3 Å². The van der Waals surface area contributed by atoms with E-state index in [-0.39, 0.29) is 11.7 Å². The molecule has 0 saturated heterocycles. The lowest BCUT2D eigenvalue weighted by Gasteiger charge is -2.29. The van der Waals surface area contributed by atoms with Crippen LogP contribution in [0.25, 0.3) is 0 Å². The highest BCUT2D eigenvalue weighted by Gasteiger charge is 2.25. The molecule has 1 aliphatic carbocycles. The zero-order chi connectivity index (χ0) is 18.4. The molecule has 4 nitrogen and oxygen atoms in total. The summed E-state index contributed by atoms with van der Waals surface area (Å²) in [6.45, 7) is 5.96. The van der Waals surface area contributed by atoms with Crippen LogP contribution in [0.5, 0.6) is 0 Å². The molecule has 2 rings (SSSR count). The van der Waals surface area contributed by atoms with Crippen LogP contribution in [0.15, 0.2) is 18.2 Å². The van der Waals surface area contributed by atoms with Crippen molar-refractivity contribution in [2.24, 2.45) is 11.8 Å². The van der Waals surface area contributed by atoms with Crippen molar-refractivity contribution < 1.29 is 14.3 Å². The van der Waals surface area contributed by atoms with Crippen LogP contribution in [0.1, 0.15) is 51.5 Å². The summed E-state index contributed by atoms with van der Waals surface area (Å²) in [7, 11) is 2.06. The number of carbonyl (C=O) groups is 1. The molecule has 0 heterocycles. The normalized spacial score (nSPS) is 21.8. The molecule has 1 fully saturated rings. The molecule has 1 saturated carbocycles. The average molecular weight is 350 g/mol. The maximum Gasteiger partial charge on any atom is 0.306 e. The zero-order valence-electron chi connectivity index (χ0n) is 15.6. The second-order valence-electron chi connectivity index (χ2n) is 7.43. The van der Waals surface area contributed by atoms with Crippen LogP contribution >= 0.6 is 0 Å². The quantitative estimate of drug-likeness (QED) is 0.743. The largest absolute Gasteiger partial charge is 0.481 e. The number of carboxylic acid groups (broad SMARTS) is 1. The summed E-state index contributed by atoms with van der Waals surface area (Å²) in [5.41, 5.74) is 2.03. The van der Waals surface area contributed by atoms with E-state index in [1.165, 1.54) is 6.07 Å². The third kappa shape index (κ3) is 5.70. The molecule has 0 spiro atoms. The second kappa shape index (κ2) is 9.18. The monoisotopic (exact) mass is 350 g/mol. The number of hydrogen-bond donors (Lipinski definition) is 2. The van der Waals surface area contributed by atoms with Gasteiger partial charge in [-0.1, -0.05) is 20.3 Å². The van der Waals surface area contributed by atoms with Crippen LogP contribution in [-0.2, 0) is 11.3 Å². The molecule has 2 N–H and O–H groups in total. The Kier molecular flexibility index (Phi) is 7.24. The first-order valence-corrected chi connectivity index (χ1v) is 9.36. The van der Waals surface area contributed by atoms with Crippen molar-refractivity contribution >= 4 is 11.7 Å². The molecule has 1 unspecified atom stereocenters. The first-order chi connectivity index (χ1) is 11.9. The van der Waals surface area contributed by atoms with Crippen LogP contribution in [0.4, 0.5) is 10.1 Å². The lowest BCUT2D eigenvalue weighted by Crippen LogP contribution is -2.35. The third-order valence-corrected chi connectivity index (χ3v) is 5.39. The summed E-state index contributed by atoms with van der Waals surface area (Å²) in [4.78, 5) is 13.2. The van der Waals surface area contributed by atoms with E-state index in [0.29, 0.717) is 18.5 Å². The van der Waals surface area contributed by atoms with Gasteiger partial charge in [0.25, 0.3) is 0 Å². The van der Waals surface area contributed by atoms with Gasteiger partial charge in [-0.05, 0) is 55.4 Å². The van der Waals surface area contributed by atoms with Crippen molar-refractivity contribution in [3.8, 4) is 0 Å². The van der Waals surface area contributed by atoms with Crippen molar-refractivity contribution in [2.75, 3.05) is 18.5 Å². The molecule has 25 heavy (non-hydrogen) atoms. The Hall–Kier alpha value is -1.62. The molecular weight excluding hydrogens is 319 g/mol. The number of anilines is 1. The minimum atomic E-state index is -0.683. The predicted octanol–water partition coefficient (Wildman–Crippen LogP) is 4.04. The van der Waals surface area contributed by atoms with Gasteiger partial charge in [-0.3, -0.25) is 4.79 Å². The topological polar surface area (TPSA) is 52.6 Å². The molecule has 1 atom stereocenters. The number of halogens is 1. The van der Waals surface area contributed by atoms with Crippen molar-refractivity contribution in [2.45, 2.75) is 58.5 Å². The third-order valence-electron chi connectivity index (χ3n) is 5.39. The van der Waals surface area contributed by atoms with Gasteiger partial charge in [0.1, 0.15) is 5.82 Å². The molecule has 1 aromatic carbocycles. The van der Waals surface area contributed by atoms with Gasteiger partial charge in [0.15, 0.2) is 0 Å². The summed E-state index contributed by atoms with van der Waals surface area (Å²) >= 11 is 0. The van der Waals surface area contributed by atoms with Gasteiger partial charge >= 0.3 is 5.97 Å². The van der Waals surface area contributed by atoms with Crippen LogP contribution in [-0.4, -0.2) is 30.7 Å². The van der Waals surface area contributed by atoms with Gasteiger partial charge in [0.05, 0.1) is 5.92 Å². The minimum absolute atomic E-state index is 0.204. The molecule has 0 bridgehead atoms. The standard InChI is InChI=1S/C20H31FN2O2/c1-4-14(2)13-23(3)19-10-7-17(21)11-16(19)12-22-18-8-5-15(6-9-18)20(24)25/h7,10-11,14-15,18,22H,4-6,8-9,12-13H2,1-3H3,(H,24,25). The number of rotatable bonds is 8. The van der Waals surface area contributed by atoms with E-state index in [9.17, 15) is 9.18 Å². The van der Waals surface area contributed by atoms with E-state index in [1.54, 1.807) is 6.07 Å². The summed E-state index contributed by atoms with van der Waals surface area (Å²) in [5.74, 6) is -0.517. The Morgan fingerprint density at radius 3 is 2.64 bits per heavy atom. The van der Waals surface area contributed by atoms with Gasteiger partial charge in [-0.2, -0.15) is 0 Å². The van der Waals surface area contributed by atoms with Gasteiger partial charge in [-0.15, -0.1) is 0 Å². The van der Waals surface area contributed by atoms with E-state index in [1.807, 2.05) is 6.07 Å². The van der Waals surface area contributed by atoms with Gasteiger partial charge in [0.2, 0.25) is 0 Å². The Labute approximate surface area is 150 Å². The number of aliphatic carboxylic acids is 1. The number of nitrogens with one attached hydrogen (secondary N) is 1. The average Bonchev–Trinajstić information content (AvgIpc) is 2.60. The highest BCUT2D eigenvalue weighted by molar-refractivity contribution is 5.70. The first kappa shape index (κ1) is 19.7. The van der Waals surface area contributed by atoms with E-state index in [0.717, 1.165) is 49.9 Å². The fourth-order valence-corrected chi connectivity index (χ4v) is 3.56. The lowest BCUT2D eigenvalue weighted by molar-refractivity contribution is -0.142. The van der Waals surface area contributed by atoms with E-state index < -0.39 is 5.97 Å². The second-order valence-corrected chi connectivity index (χ2v) is 7.43. The Morgan fingerprint density at radius 2 is 2.04 bits per heavy atom. The molecule has 0 aromatic heterocycles. The van der Waals surface area contributed by atoms with Crippen LogP contribution < -0.4 is 10.2 Å². The fraction of sp³-hybridized carbons (Fsp3) is 0.650. The Bertz CT molecular complexity index is 571. The SMILES string of the molecule is CCC(C)CN(C)c1ccc(F)cc1CNC1CCC(C(=O)O)CC1. The van der Waals surface area contributed by atoms with Crippen LogP contribution in [0, 0.1) is 17.7 Å². The van der Waals surface area contributed by atoms with Crippen molar-refractivity contribution in [1.29, 1.82) is 0 Å². The van der Waals surface area contributed by atoms with Crippen molar-refractivity contribution in [3.05, 3.63) is 29.6 Å². The maximum absolute atomic E-state index is 13.7. The van der Waals surface area contributed by atoms with Crippen LogP contribution in [0.2, 0.25) is 0 Å². The summed E-state index contributed by atoms with van der Waals surface area (Å²) < 4.78 is 13.7. The molecule has 1 aromatic rings. The molecule has 140 valence electrons. The summed E-state index contributed by atoms with van der Waals surface area (Å²) in [6.07, 6.45) is 4.29. The predicted molar refractivity (Wildman–Crippen MR) is 99.3 cm³/mol. The van der Waals surface area contributed by atoms with E-state index >= 15 is 0 Å². The molecule has 0 amide bonds. The maximum atomic E-state index is 13.7. The Morgan fingerprint density at radius 1 is 1.36 bits per heavy atom. The number of carboxylic acids is 1. The smallest absolute Gasteiger partial charge is 0.306 e. The zero-order valence-corrected chi connectivity index (χ0v) is 15.6. The lowest BCUT2D eigenvalue weighted by atomic mass is 9.86. The molecule has 5 heteroatoms.